The molecule has 4 nitrogen and oxygen atoms in total. The predicted octanol–water partition coefficient (Wildman–Crippen LogP) is 1.67. The maximum absolute atomic E-state index is 11.2. The molecule has 1 unspecified atom stereocenters. The monoisotopic (exact) mass is 263 g/mol. The molecule has 0 fully saturated rings. The SMILES string of the molecule is CCOC(=O)C(N)CCSCCOCC(C)C. The molecule has 0 rings (SSSR count). The summed E-state index contributed by atoms with van der Waals surface area (Å²) in [5, 5.41) is 0. The fourth-order valence-corrected chi connectivity index (χ4v) is 1.98. The Labute approximate surface area is 109 Å². The van der Waals surface area contributed by atoms with Gasteiger partial charge in [0.2, 0.25) is 0 Å². The second kappa shape index (κ2) is 10.9. The molecule has 0 aliphatic carbocycles. The maximum atomic E-state index is 11.2. The Kier molecular flexibility index (Phi) is 10.7. The van der Waals surface area contributed by atoms with Crippen molar-refractivity contribution in [2.24, 2.45) is 11.7 Å². The Hall–Kier alpha value is -0.260. The van der Waals surface area contributed by atoms with Gasteiger partial charge in [-0.3, -0.25) is 4.79 Å². The molecule has 0 heterocycles. The first-order chi connectivity index (χ1) is 8.07. The molecular weight excluding hydrogens is 238 g/mol. The highest BCUT2D eigenvalue weighted by Crippen LogP contribution is 2.05. The van der Waals surface area contributed by atoms with Crippen molar-refractivity contribution in [3.63, 3.8) is 0 Å². The van der Waals surface area contributed by atoms with Gasteiger partial charge in [0.15, 0.2) is 0 Å². The smallest absolute Gasteiger partial charge is 0.322 e. The summed E-state index contributed by atoms with van der Waals surface area (Å²) in [6.45, 7) is 8.01. The average molecular weight is 263 g/mol. The van der Waals surface area contributed by atoms with Crippen LogP contribution in [0.4, 0.5) is 0 Å². The third-order valence-corrected chi connectivity index (χ3v) is 2.97. The molecule has 0 aromatic carbocycles. The first-order valence-corrected chi connectivity index (χ1v) is 7.31. The quantitative estimate of drug-likeness (QED) is 0.480. The predicted molar refractivity (Wildman–Crippen MR) is 72.2 cm³/mol. The first kappa shape index (κ1) is 16.7. The van der Waals surface area contributed by atoms with Gasteiger partial charge in [0, 0.05) is 12.4 Å². The molecule has 5 heteroatoms. The van der Waals surface area contributed by atoms with Gasteiger partial charge in [0.1, 0.15) is 6.04 Å². The zero-order chi connectivity index (χ0) is 13.1. The van der Waals surface area contributed by atoms with Gasteiger partial charge in [0.05, 0.1) is 13.2 Å². The minimum absolute atomic E-state index is 0.302. The van der Waals surface area contributed by atoms with Crippen LogP contribution in [0.2, 0.25) is 0 Å². The third kappa shape index (κ3) is 10.6. The van der Waals surface area contributed by atoms with E-state index in [0.717, 1.165) is 24.7 Å². The van der Waals surface area contributed by atoms with Crippen molar-refractivity contribution < 1.29 is 14.3 Å². The van der Waals surface area contributed by atoms with E-state index in [0.29, 0.717) is 18.9 Å². The molecule has 0 saturated heterocycles. The summed E-state index contributed by atoms with van der Waals surface area (Å²) in [5.41, 5.74) is 5.66. The summed E-state index contributed by atoms with van der Waals surface area (Å²) in [4.78, 5) is 11.2. The lowest BCUT2D eigenvalue weighted by Gasteiger charge is -2.10. The van der Waals surface area contributed by atoms with Gasteiger partial charge in [-0.2, -0.15) is 11.8 Å². The van der Waals surface area contributed by atoms with Crippen LogP contribution in [0.15, 0.2) is 0 Å². The van der Waals surface area contributed by atoms with Crippen molar-refractivity contribution in [3.8, 4) is 0 Å². The highest BCUT2D eigenvalue weighted by molar-refractivity contribution is 7.99. The summed E-state index contributed by atoms with van der Waals surface area (Å²) >= 11 is 1.76. The second-order valence-corrected chi connectivity index (χ2v) is 5.45. The van der Waals surface area contributed by atoms with Crippen molar-refractivity contribution in [2.45, 2.75) is 33.2 Å². The number of esters is 1. The number of hydrogen-bond acceptors (Lipinski definition) is 5. The lowest BCUT2D eigenvalue weighted by Crippen LogP contribution is -2.32. The fourth-order valence-electron chi connectivity index (χ4n) is 1.12. The number of rotatable bonds is 10. The van der Waals surface area contributed by atoms with Crippen molar-refractivity contribution in [3.05, 3.63) is 0 Å². The summed E-state index contributed by atoms with van der Waals surface area (Å²) < 4.78 is 10.3. The highest BCUT2D eigenvalue weighted by Gasteiger charge is 2.13. The third-order valence-electron chi connectivity index (χ3n) is 1.99. The molecule has 0 bridgehead atoms. The van der Waals surface area contributed by atoms with Crippen LogP contribution in [0.25, 0.3) is 0 Å². The number of hydrogen-bond donors (Lipinski definition) is 1. The minimum Gasteiger partial charge on any atom is -0.465 e. The van der Waals surface area contributed by atoms with E-state index < -0.39 is 6.04 Å². The topological polar surface area (TPSA) is 61.5 Å². The lowest BCUT2D eigenvalue weighted by molar-refractivity contribution is -0.144. The summed E-state index contributed by atoms with van der Waals surface area (Å²) in [6, 6.07) is -0.487. The molecule has 0 radical (unpaired) electrons. The van der Waals surface area contributed by atoms with Crippen molar-refractivity contribution in [1.82, 2.24) is 0 Å². The Morgan fingerprint density at radius 2 is 2.06 bits per heavy atom. The van der Waals surface area contributed by atoms with Gasteiger partial charge in [-0.15, -0.1) is 0 Å². The van der Waals surface area contributed by atoms with Gasteiger partial charge < -0.3 is 15.2 Å². The fraction of sp³-hybridized carbons (Fsp3) is 0.917. The average Bonchev–Trinajstić information content (AvgIpc) is 2.27. The molecule has 0 amide bonds. The molecule has 0 aliphatic heterocycles. The normalized spacial score (nSPS) is 12.8. The number of nitrogens with two attached hydrogens (primary N) is 1. The van der Waals surface area contributed by atoms with Crippen molar-refractivity contribution in [1.29, 1.82) is 0 Å². The summed E-state index contributed by atoms with van der Waals surface area (Å²) in [7, 11) is 0. The Morgan fingerprint density at radius 3 is 2.65 bits per heavy atom. The van der Waals surface area contributed by atoms with E-state index in [1.807, 2.05) is 0 Å². The van der Waals surface area contributed by atoms with Gasteiger partial charge in [-0.25, -0.2) is 0 Å². The Balaban J connectivity index is 3.30. The van der Waals surface area contributed by atoms with Gasteiger partial charge in [-0.1, -0.05) is 13.8 Å². The van der Waals surface area contributed by atoms with Crippen molar-refractivity contribution >= 4 is 17.7 Å². The van der Waals surface area contributed by atoms with E-state index in [1.165, 1.54) is 0 Å². The van der Waals surface area contributed by atoms with Crippen LogP contribution in [0.3, 0.4) is 0 Å². The zero-order valence-electron chi connectivity index (χ0n) is 11.1. The molecule has 0 saturated carbocycles. The van der Waals surface area contributed by atoms with Crippen LogP contribution < -0.4 is 5.73 Å². The lowest BCUT2D eigenvalue weighted by atomic mass is 10.2. The van der Waals surface area contributed by atoms with E-state index in [1.54, 1.807) is 18.7 Å². The van der Waals surface area contributed by atoms with Crippen LogP contribution in [0.1, 0.15) is 27.2 Å². The van der Waals surface area contributed by atoms with Crippen LogP contribution in [-0.4, -0.2) is 43.3 Å². The molecule has 0 aromatic heterocycles. The summed E-state index contributed by atoms with van der Waals surface area (Å²) in [6.07, 6.45) is 0.660. The minimum atomic E-state index is -0.487. The van der Waals surface area contributed by atoms with Crippen molar-refractivity contribution in [2.75, 3.05) is 31.3 Å². The van der Waals surface area contributed by atoms with E-state index in [-0.39, 0.29) is 5.97 Å². The maximum Gasteiger partial charge on any atom is 0.322 e. The van der Waals surface area contributed by atoms with Crippen LogP contribution in [-0.2, 0) is 14.3 Å². The van der Waals surface area contributed by atoms with E-state index in [4.69, 9.17) is 15.2 Å². The van der Waals surface area contributed by atoms with E-state index >= 15 is 0 Å². The molecule has 0 aliphatic rings. The molecule has 2 N–H and O–H groups in total. The van der Waals surface area contributed by atoms with Crippen LogP contribution in [0, 0.1) is 5.92 Å². The van der Waals surface area contributed by atoms with E-state index in [2.05, 4.69) is 13.8 Å². The number of ether oxygens (including phenoxy) is 2. The number of thioether (sulfide) groups is 1. The van der Waals surface area contributed by atoms with Gasteiger partial charge in [0.25, 0.3) is 0 Å². The molecule has 0 spiro atoms. The molecule has 0 aromatic rings. The zero-order valence-corrected chi connectivity index (χ0v) is 11.9. The first-order valence-electron chi connectivity index (χ1n) is 6.15. The molecular formula is C12H25NO3S. The molecule has 1 atom stereocenters. The highest BCUT2D eigenvalue weighted by atomic mass is 32.2. The molecule has 17 heavy (non-hydrogen) atoms. The molecule has 102 valence electrons. The number of carbonyl (C=O) groups is 1. The Morgan fingerprint density at radius 1 is 1.35 bits per heavy atom. The van der Waals surface area contributed by atoms with Crippen LogP contribution >= 0.6 is 11.8 Å². The standard InChI is InChI=1S/C12H25NO3S/c1-4-16-12(14)11(13)5-7-17-8-6-15-9-10(2)3/h10-11H,4-9,13H2,1-3H3. The van der Waals surface area contributed by atoms with E-state index in [9.17, 15) is 4.79 Å². The van der Waals surface area contributed by atoms with Gasteiger partial charge in [-0.05, 0) is 25.0 Å². The van der Waals surface area contributed by atoms with Crippen LogP contribution in [0.5, 0.6) is 0 Å². The Bertz CT molecular complexity index is 200. The largest absolute Gasteiger partial charge is 0.465 e. The number of carbonyl (C=O) groups excluding carboxylic acids is 1. The summed E-state index contributed by atoms with van der Waals surface area (Å²) in [5.74, 6) is 2.09. The second-order valence-electron chi connectivity index (χ2n) is 4.23. The van der Waals surface area contributed by atoms with Gasteiger partial charge >= 0.3 is 5.97 Å².